The minimum Gasteiger partial charge on any atom is -0.394 e. The predicted molar refractivity (Wildman–Crippen MR) is 149 cm³/mol. The van der Waals surface area contributed by atoms with Crippen LogP contribution in [0.4, 0.5) is 0 Å². The number of hydrogen-bond donors (Lipinski definition) is 13. The molecule has 48 heavy (non-hydrogen) atoms. The normalized spacial score (nSPS) is 50.2. The molecule has 20 unspecified atom stereocenters. The number of hydrogen-bond acceptors (Lipinski definition) is 20. The lowest BCUT2D eigenvalue weighted by Crippen LogP contribution is -2.70. The highest BCUT2D eigenvalue weighted by atomic mass is 16.8. The van der Waals surface area contributed by atoms with Crippen molar-refractivity contribution in [1.82, 2.24) is 5.32 Å². The lowest BCUT2D eigenvalue weighted by atomic mass is 9.94. The van der Waals surface area contributed by atoms with E-state index in [1.165, 1.54) is 6.92 Å². The molecule has 0 aromatic rings. The molecule has 4 heterocycles. The lowest BCUT2D eigenvalue weighted by molar-refractivity contribution is -0.375. The average Bonchev–Trinajstić information content (AvgIpc) is 3.06. The fourth-order valence-corrected chi connectivity index (χ4v) is 6.15. The summed E-state index contributed by atoms with van der Waals surface area (Å²) in [5.74, 6) is -0.745. The van der Waals surface area contributed by atoms with Gasteiger partial charge in [-0.2, -0.15) is 0 Å². The van der Waals surface area contributed by atoms with E-state index in [0.29, 0.717) is 0 Å². The molecule has 0 saturated carbocycles. The Bertz CT molecular complexity index is 1030. The quantitative estimate of drug-likeness (QED) is 0.0949. The van der Waals surface area contributed by atoms with Crippen LogP contribution in [0.3, 0.4) is 0 Å². The van der Waals surface area contributed by atoms with E-state index in [9.17, 15) is 66.1 Å². The molecule has 4 saturated heterocycles. The molecule has 1 amide bonds. The minimum atomic E-state index is -1.98. The van der Waals surface area contributed by atoms with E-state index in [1.54, 1.807) is 0 Å². The first kappa shape index (κ1) is 39.5. The van der Waals surface area contributed by atoms with E-state index in [1.807, 2.05) is 0 Å². The van der Waals surface area contributed by atoms with Crippen LogP contribution in [0.15, 0.2) is 0 Å². The van der Waals surface area contributed by atoms with Gasteiger partial charge < -0.3 is 99.8 Å². The second-order valence-corrected chi connectivity index (χ2v) is 12.2. The maximum Gasteiger partial charge on any atom is 0.217 e. The number of aliphatic hydroxyl groups is 12. The fourth-order valence-electron chi connectivity index (χ4n) is 6.15. The molecule has 4 aliphatic heterocycles. The Morgan fingerprint density at radius 1 is 0.521 bits per heavy atom. The van der Waals surface area contributed by atoms with Gasteiger partial charge in [0.2, 0.25) is 5.91 Å². The van der Waals surface area contributed by atoms with Gasteiger partial charge in [0.15, 0.2) is 18.9 Å². The zero-order valence-corrected chi connectivity index (χ0v) is 26.0. The second kappa shape index (κ2) is 16.8. The molecule has 0 bridgehead atoms. The number of rotatable bonds is 11. The molecule has 0 spiro atoms. The molecule has 0 aliphatic carbocycles. The predicted octanol–water partition coefficient (Wildman–Crippen LogP) is -8.53. The highest BCUT2D eigenvalue weighted by Crippen LogP contribution is 2.34. The maximum atomic E-state index is 12.3. The first-order valence-corrected chi connectivity index (χ1v) is 15.4. The van der Waals surface area contributed by atoms with Crippen molar-refractivity contribution in [3.8, 4) is 0 Å². The Labute approximate surface area is 273 Å². The molecule has 21 nitrogen and oxygen atoms in total. The summed E-state index contributed by atoms with van der Waals surface area (Å²) in [5, 5.41) is 127. The summed E-state index contributed by atoms with van der Waals surface area (Å²) >= 11 is 0. The summed E-state index contributed by atoms with van der Waals surface area (Å²) in [5.41, 5.74) is 0. The molecule has 20 atom stereocenters. The molecule has 4 fully saturated rings. The minimum absolute atomic E-state index is 0.678. The van der Waals surface area contributed by atoms with Crippen LogP contribution in [-0.4, -0.2) is 216 Å². The topological polar surface area (TPSA) is 336 Å². The van der Waals surface area contributed by atoms with E-state index in [4.69, 9.17) is 33.2 Å². The van der Waals surface area contributed by atoms with Crippen LogP contribution in [0.5, 0.6) is 0 Å². The fraction of sp³-hybridized carbons (Fsp3) is 0.963. The van der Waals surface area contributed by atoms with Gasteiger partial charge in [0.05, 0.1) is 32.5 Å². The van der Waals surface area contributed by atoms with E-state index in [0.717, 1.165) is 6.92 Å². The summed E-state index contributed by atoms with van der Waals surface area (Å²) in [7, 11) is 0. The highest BCUT2D eigenvalue weighted by molar-refractivity contribution is 5.73. The summed E-state index contributed by atoms with van der Waals surface area (Å²) in [6.45, 7) is -0.709. The van der Waals surface area contributed by atoms with Gasteiger partial charge in [-0.3, -0.25) is 4.79 Å². The van der Waals surface area contributed by atoms with Crippen LogP contribution in [0.2, 0.25) is 0 Å². The molecule has 13 N–H and O–H groups in total. The third-order valence-electron chi connectivity index (χ3n) is 8.87. The molecular formula is C27H47NO20. The van der Waals surface area contributed by atoms with Crippen LogP contribution >= 0.6 is 0 Å². The van der Waals surface area contributed by atoms with Crippen molar-refractivity contribution in [2.24, 2.45) is 0 Å². The Kier molecular flexibility index (Phi) is 13.8. The van der Waals surface area contributed by atoms with Crippen molar-refractivity contribution < 1.29 is 99.2 Å². The average molecular weight is 706 g/mol. The number of carbonyl (C=O) groups is 1. The molecule has 0 aromatic heterocycles. The van der Waals surface area contributed by atoms with Crippen molar-refractivity contribution in [1.29, 1.82) is 0 Å². The van der Waals surface area contributed by atoms with Crippen molar-refractivity contribution in [3.05, 3.63) is 0 Å². The number of ether oxygens (including phenoxy) is 7. The Morgan fingerprint density at radius 2 is 0.979 bits per heavy atom. The van der Waals surface area contributed by atoms with Crippen molar-refractivity contribution >= 4 is 5.91 Å². The maximum absolute atomic E-state index is 12.3. The molecule has 4 rings (SSSR count). The third-order valence-corrected chi connectivity index (χ3v) is 8.87. The van der Waals surface area contributed by atoms with Crippen LogP contribution in [0, 0.1) is 0 Å². The van der Waals surface area contributed by atoms with Gasteiger partial charge in [0.25, 0.3) is 0 Å². The van der Waals surface area contributed by atoms with Crippen molar-refractivity contribution in [3.63, 3.8) is 0 Å². The van der Waals surface area contributed by atoms with E-state index in [2.05, 4.69) is 5.32 Å². The van der Waals surface area contributed by atoms with Crippen molar-refractivity contribution in [2.45, 2.75) is 136 Å². The van der Waals surface area contributed by atoms with E-state index < -0.39 is 155 Å². The Morgan fingerprint density at radius 3 is 1.52 bits per heavy atom. The van der Waals surface area contributed by atoms with Gasteiger partial charge in [0.1, 0.15) is 97.6 Å². The molecule has 4 aliphatic rings. The molecule has 0 aromatic carbocycles. The van der Waals surface area contributed by atoms with Crippen LogP contribution < -0.4 is 5.32 Å². The zero-order valence-electron chi connectivity index (χ0n) is 26.0. The van der Waals surface area contributed by atoms with Gasteiger partial charge in [-0.1, -0.05) is 0 Å². The van der Waals surface area contributed by atoms with Gasteiger partial charge in [-0.05, 0) is 6.92 Å². The van der Waals surface area contributed by atoms with Crippen LogP contribution in [0.25, 0.3) is 0 Å². The van der Waals surface area contributed by atoms with E-state index >= 15 is 0 Å². The summed E-state index contributed by atoms with van der Waals surface area (Å²) in [4.78, 5) is 12.3. The number of nitrogens with one attached hydrogen (secondary N) is 1. The SMILES string of the molecule is CC(=O)NC1C(OC2C(O)C(CO)OC(OC3C(CO)OC(C)C(O)C3O)C2O)OC(CO)C(O)C1OC1OC(CO)C(O)C(O)C1O. The van der Waals surface area contributed by atoms with Gasteiger partial charge in [0, 0.05) is 6.92 Å². The Hall–Kier alpha value is -1.29. The van der Waals surface area contributed by atoms with Gasteiger partial charge in [-0.15, -0.1) is 0 Å². The van der Waals surface area contributed by atoms with E-state index in [-0.39, 0.29) is 0 Å². The van der Waals surface area contributed by atoms with Crippen molar-refractivity contribution in [2.75, 3.05) is 26.4 Å². The van der Waals surface area contributed by atoms with Crippen LogP contribution in [0.1, 0.15) is 13.8 Å². The summed E-state index contributed by atoms with van der Waals surface area (Å²) < 4.78 is 39.4. The first-order valence-electron chi connectivity index (χ1n) is 15.4. The largest absolute Gasteiger partial charge is 0.394 e. The number of carbonyl (C=O) groups excluding carboxylic acids is 1. The summed E-state index contributed by atoms with van der Waals surface area (Å²) in [6.07, 6.45) is -31.2. The third kappa shape index (κ3) is 8.10. The number of aliphatic hydroxyl groups excluding tert-OH is 12. The molecule has 21 heteroatoms. The molecule has 280 valence electrons. The highest BCUT2D eigenvalue weighted by Gasteiger charge is 2.55. The standard InChI is InChI=1S/C27H47NO20/c1-7-14(34)19(39)22(12(6-32)42-7)46-27-21(41)24(17(37)11(5-31)45-27)48-25-13(28-8(2)33)23(16(36)10(4-30)43-25)47-26-20(40)18(38)15(35)9(3-29)44-26/h7,9-27,29-32,34-41H,3-6H2,1-2H3,(H,28,33). The first-order chi connectivity index (χ1) is 22.7. The molecular weight excluding hydrogens is 658 g/mol. The van der Waals surface area contributed by atoms with Gasteiger partial charge in [-0.25, -0.2) is 0 Å². The van der Waals surface area contributed by atoms with Gasteiger partial charge >= 0.3 is 0 Å². The Balaban J connectivity index is 1.61. The monoisotopic (exact) mass is 705 g/mol. The van der Waals surface area contributed by atoms with Crippen LogP contribution in [-0.2, 0) is 38.0 Å². The smallest absolute Gasteiger partial charge is 0.217 e. The number of amides is 1. The zero-order chi connectivity index (χ0) is 35.6. The summed E-state index contributed by atoms with van der Waals surface area (Å²) in [6, 6.07) is -1.58. The second-order valence-electron chi connectivity index (χ2n) is 12.2. The molecule has 0 radical (unpaired) electrons. The lowest BCUT2D eigenvalue weighted by Gasteiger charge is -2.50.